The number of esters is 2. The van der Waals surface area contributed by atoms with Crippen molar-refractivity contribution in [3.05, 3.63) is 0 Å². The molecule has 0 aromatic heterocycles. The molecule has 0 atom stereocenters. The third-order valence-corrected chi connectivity index (χ3v) is 4.99. The Kier molecular flexibility index (Phi) is 3.46. The molecule has 106 valence electrons. The van der Waals surface area contributed by atoms with Crippen LogP contribution in [0.25, 0.3) is 0 Å². The fraction of sp³-hybridized carbons (Fsp3) is 0.857. The summed E-state index contributed by atoms with van der Waals surface area (Å²) in [6.07, 6.45) is 6.89. The van der Waals surface area contributed by atoms with E-state index in [4.69, 9.17) is 21.1 Å². The van der Waals surface area contributed by atoms with E-state index in [9.17, 15) is 9.59 Å². The van der Waals surface area contributed by atoms with Crippen LogP contribution in [0.3, 0.4) is 0 Å². The zero-order valence-electron chi connectivity index (χ0n) is 10.9. The topological polar surface area (TPSA) is 52.6 Å². The highest BCUT2D eigenvalue weighted by Gasteiger charge is 2.53. The van der Waals surface area contributed by atoms with Gasteiger partial charge in [0, 0.05) is 0 Å². The lowest BCUT2D eigenvalue weighted by Crippen LogP contribution is -2.53. The largest absolute Gasteiger partial charge is 0.457 e. The maximum Gasteiger partial charge on any atom is 0.344 e. The average molecular weight is 287 g/mol. The molecule has 4 aliphatic rings. The summed E-state index contributed by atoms with van der Waals surface area (Å²) in [6.45, 7) is -0.312. The van der Waals surface area contributed by atoms with E-state index >= 15 is 0 Å². The highest BCUT2D eigenvalue weighted by Crippen LogP contribution is 2.57. The summed E-state index contributed by atoms with van der Waals surface area (Å²) in [6, 6.07) is 0. The van der Waals surface area contributed by atoms with Crippen LogP contribution in [0.1, 0.15) is 38.5 Å². The summed E-state index contributed by atoms with van der Waals surface area (Å²) in [5.41, 5.74) is -0.265. The Morgan fingerprint density at radius 2 is 1.53 bits per heavy atom. The van der Waals surface area contributed by atoms with Crippen molar-refractivity contribution in [1.29, 1.82) is 0 Å². The molecule has 4 nitrogen and oxygen atoms in total. The second kappa shape index (κ2) is 4.97. The standard InChI is InChI=1S/C14H19ClO4/c15-7-12(16)18-8-13(17)19-14-4-9-1-10(5-14)3-11(2-9)6-14/h9-11H,1-8H2. The normalized spacial score (nSPS) is 39.1. The summed E-state index contributed by atoms with van der Waals surface area (Å²) in [5, 5.41) is 0. The Balaban J connectivity index is 1.57. The fourth-order valence-electron chi connectivity index (χ4n) is 4.61. The number of carbonyl (C=O) groups excluding carboxylic acids is 2. The summed E-state index contributed by atoms with van der Waals surface area (Å²) in [4.78, 5) is 22.7. The average Bonchev–Trinajstić information content (AvgIpc) is 2.33. The Morgan fingerprint density at radius 1 is 1.00 bits per heavy atom. The molecule has 0 N–H and O–H groups in total. The van der Waals surface area contributed by atoms with Gasteiger partial charge in [0.2, 0.25) is 0 Å². The van der Waals surface area contributed by atoms with E-state index in [0.717, 1.165) is 37.0 Å². The summed E-state index contributed by atoms with van der Waals surface area (Å²) in [5.74, 6) is 0.938. The number of hydrogen-bond acceptors (Lipinski definition) is 4. The molecular formula is C14H19ClO4. The molecule has 4 fully saturated rings. The molecule has 5 heteroatoms. The van der Waals surface area contributed by atoms with Gasteiger partial charge in [0.05, 0.1) is 0 Å². The molecule has 4 bridgehead atoms. The van der Waals surface area contributed by atoms with Crippen molar-refractivity contribution in [3.8, 4) is 0 Å². The number of alkyl halides is 1. The Bertz CT molecular complexity index is 358. The first kappa shape index (κ1) is 13.2. The zero-order valence-corrected chi connectivity index (χ0v) is 11.7. The predicted molar refractivity (Wildman–Crippen MR) is 68.7 cm³/mol. The van der Waals surface area contributed by atoms with Gasteiger partial charge in [0.25, 0.3) is 0 Å². The van der Waals surface area contributed by atoms with Crippen molar-refractivity contribution < 1.29 is 19.1 Å². The van der Waals surface area contributed by atoms with E-state index in [1.165, 1.54) is 19.3 Å². The van der Waals surface area contributed by atoms with Crippen molar-refractivity contribution >= 4 is 23.5 Å². The van der Waals surface area contributed by atoms with Gasteiger partial charge in [0.1, 0.15) is 11.5 Å². The van der Waals surface area contributed by atoms with Gasteiger partial charge in [0.15, 0.2) is 6.61 Å². The molecule has 4 rings (SSSR count). The monoisotopic (exact) mass is 286 g/mol. The summed E-state index contributed by atoms with van der Waals surface area (Å²) < 4.78 is 10.4. The number of halogens is 1. The maximum absolute atomic E-state index is 11.8. The first-order chi connectivity index (χ1) is 9.08. The minimum Gasteiger partial charge on any atom is -0.457 e. The first-order valence-electron chi connectivity index (χ1n) is 7.02. The van der Waals surface area contributed by atoms with Crippen molar-refractivity contribution in [2.75, 3.05) is 12.5 Å². The molecule has 0 heterocycles. The molecule has 0 spiro atoms. The Morgan fingerprint density at radius 3 is 2.00 bits per heavy atom. The summed E-state index contributed by atoms with van der Waals surface area (Å²) >= 11 is 5.31. The van der Waals surface area contributed by atoms with E-state index < -0.39 is 11.9 Å². The van der Waals surface area contributed by atoms with Gasteiger partial charge >= 0.3 is 11.9 Å². The summed E-state index contributed by atoms with van der Waals surface area (Å²) in [7, 11) is 0. The van der Waals surface area contributed by atoms with Gasteiger partial charge in [-0.05, 0) is 56.3 Å². The number of carbonyl (C=O) groups is 2. The second-order valence-corrected chi connectivity index (χ2v) is 6.64. The van der Waals surface area contributed by atoms with Gasteiger partial charge < -0.3 is 9.47 Å². The van der Waals surface area contributed by atoms with Crippen molar-refractivity contribution in [2.45, 2.75) is 44.1 Å². The lowest BCUT2D eigenvalue weighted by molar-refractivity contribution is -0.192. The molecule has 0 aromatic rings. The van der Waals surface area contributed by atoms with Gasteiger partial charge in [-0.2, -0.15) is 0 Å². The van der Waals surface area contributed by atoms with Crippen LogP contribution in [0.5, 0.6) is 0 Å². The van der Waals surface area contributed by atoms with Crippen LogP contribution in [0.2, 0.25) is 0 Å². The van der Waals surface area contributed by atoms with Gasteiger partial charge in [-0.15, -0.1) is 11.6 Å². The van der Waals surface area contributed by atoms with E-state index in [-0.39, 0.29) is 18.1 Å². The third-order valence-electron chi connectivity index (χ3n) is 4.77. The van der Waals surface area contributed by atoms with E-state index in [0.29, 0.717) is 0 Å². The first-order valence-corrected chi connectivity index (χ1v) is 7.55. The van der Waals surface area contributed by atoms with Crippen LogP contribution >= 0.6 is 11.6 Å². The van der Waals surface area contributed by atoms with E-state index in [1.807, 2.05) is 0 Å². The molecule has 0 amide bonds. The predicted octanol–water partition coefficient (Wildman–Crippen LogP) is 2.28. The third kappa shape index (κ3) is 2.73. The Hall–Kier alpha value is -0.770. The molecule has 0 unspecified atom stereocenters. The molecule has 4 saturated carbocycles. The van der Waals surface area contributed by atoms with Gasteiger partial charge in [-0.1, -0.05) is 0 Å². The fourth-order valence-corrected chi connectivity index (χ4v) is 4.68. The van der Waals surface area contributed by atoms with Crippen molar-refractivity contribution in [2.24, 2.45) is 17.8 Å². The smallest absolute Gasteiger partial charge is 0.344 e. The molecule has 0 aromatic carbocycles. The van der Waals surface area contributed by atoms with Gasteiger partial charge in [-0.25, -0.2) is 4.79 Å². The highest BCUT2D eigenvalue weighted by molar-refractivity contribution is 6.26. The van der Waals surface area contributed by atoms with Crippen LogP contribution in [0, 0.1) is 17.8 Å². The minimum absolute atomic E-state index is 0.232. The number of rotatable bonds is 4. The minimum atomic E-state index is -0.580. The number of hydrogen-bond donors (Lipinski definition) is 0. The van der Waals surface area contributed by atoms with Crippen LogP contribution in [0.15, 0.2) is 0 Å². The highest BCUT2D eigenvalue weighted by atomic mass is 35.5. The van der Waals surface area contributed by atoms with Crippen LogP contribution < -0.4 is 0 Å². The Labute approximate surface area is 117 Å². The van der Waals surface area contributed by atoms with Crippen LogP contribution in [-0.4, -0.2) is 30.0 Å². The van der Waals surface area contributed by atoms with E-state index in [2.05, 4.69) is 0 Å². The maximum atomic E-state index is 11.8. The molecule has 0 saturated heterocycles. The quantitative estimate of drug-likeness (QED) is 0.588. The van der Waals surface area contributed by atoms with Crippen molar-refractivity contribution in [3.63, 3.8) is 0 Å². The molecule has 0 aliphatic heterocycles. The molecule has 0 radical (unpaired) electrons. The van der Waals surface area contributed by atoms with E-state index in [1.54, 1.807) is 0 Å². The molecule has 4 aliphatic carbocycles. The number of ether oxygens (including phenoxy) is 2. The van der Waals surface area contributed by atoms with Crippen LogP contribution in [-0.2, 0) is 19.1 Å². The second-order valence-electron chi connectivity index (χ2n) is 6.37. The lowest BCUT2D eigenvalue weighted by atomic mass is 9.54. The molecule has 19 heavy (non-hydrogen) atoms. The van der Waals surface area contributed by atoms with Crippen molar-refractivity contribution in [1.82, 2.24) is 0 Å². The van der Waals surface area contributed by atoms with Crippen LogP contribution in [0.4, 0.5) is 0 Å². The molecular weight excluding hydrogens is 268 g/mol. The zero-order chi connectivity index (χ0) is 13.5. The van der Waals surface area contributed by atoms with Gasteiger partial charge in [-0.3, -0.25) is 4.79 Å². The lowest BCUT2D eigenvalue weighted by Gasteiger charge is -2.55. The SMILES string of the molecule is O=C(CCl)OCC(=O)OC12CC3CC(CC(C3)C1)C2.